The molecule has 0 heterocycles. The fourth-order valence-corrected chi connectivity index (χ4v) is 6.73. The van der Waals surface area contributed by atoms with Gasteiger partial charge in [-0.2, -0.15) is 0 Å². The lowest BCUT2D eigenvalue weighted by Gasteiger charge is -2.46. The minimum Gasteiger partial charge on any atom is -0.455 e. The molecule has 3 fully saturated rings. The van der Waals surface area contributed by atoms with E-state index in [1.165, 1.54) is 0 Å². The zero-order valence-corrected chi connectivity index (χ0v) is 24.2. The third-order valence-electron chi connectivity index (χ3n) is 8.09. The maximum Gasteiger partial charge on any atom is 0.407 e. The van der Waals surface area contributed by atoms with Crippen molar-refractivity contribution in [1.29, 1.82) is 0 Å². The average Bonchev–Trinajstić information content (AvgIpc) is 2.88. The minimum absolute atomic E-state index is 0.0866. The van der Waals surface area contributed by atoms with Crippen LogP contribution in [0.5, 0.6) is 0 Å². The van der Waals surface area contributed by atoms with Gasteiger partial charge in [0, 0.05) is 24.7 Å². The van der Waals surface area contributed by atoms with E-state index < -0.39 is 48.5 Å². The van der Waals surface area contributed by atoms with Crippen molar-refractivity contribution in [2.24, 2.45) is 10.8 Å². The maximum atomic E-state index is 12.9. The Morgan fingerprint density at radius 2 is 1.18 bits per heavy atom. The molecule has 0 aliphatic heterocycles. The molecule has 0 aromatic rings. The van der Waals surface area contributed by atoms with Gasteiger partial charge < -0.3 is 29.6 Å². The topological polar surface area (TPSA) is 129 Å². The van der Waals surface area contributed by atoms with Crippen LogP contribution in [-0.4, -0.2) is 61.1 Å². The van der Waals surface area contributed by atoms with Crippen molar-refractivity contribution in [2.45, 2.75) is 122 Å². The van der Waals surface area contributed by atoms with E-state index in [9.17, 15) is 19.2 Å². The number of hydrogen-bond donors (Lipinski definition) is 2. The molecule has 3 aliphatic carbocycles. The number of rotatable bonds is 9. The first-order valence-electron chi connectivity index (χ1n) is 14.5. The molecule has 224 valence electrons. The van der Waals surface area contributed by atoms with Gasteiger partial charge in [0.05, 0.1) is 0 Å². The molecule has 40 heavy (non-hydrogen) atoms. The summed E-state index contributed by atoms with van der Waals surface area (Å²) in [6.45, 7) is 13.6. The summed E-state index contributed by atoms with van der Waals surface area (Å²) in [5.74, 6) is -1.04. The standard InChI is InChI=1S/C30H46N2O8/c1-6-25(33)37-21-12-8-10-14-23(21)39-27(35)31-19-30(5)17-20(16-29(3,4)18-30)32-28(36)40-24-15-11-9-13-22(24)38-26(34)7-2/h6-7,20-24H,1-2,8-19H2,3-5H3,(H,31,35)(H,32,36). The minimum atomic E-state index is -0.544. The van der Waals surface area contributed by atoms with Gasteiger partial charge in [-0.05, 0) is 81.5 Å². The molecular weight excluding hydrogens is 516 g/mol. The van der Waals surface area contributed by atoms with Crippen LogP contribution in [0.25, 0.3) is 0 Å². The van der Waals surface area contributed by atoms with Gasteiger partial charge in [0.25, 0.3) is 0 Å². The van der Waals surface area contributed by atoms with Crippen LogP contribution in [0.3, 0.4) is 0 Å². The number of alkyl carbamates (subject to hydrolysis) is 2. The molecule has 10 nitrogen and oxygen atoms in total. The molecule has 3 rings (SSSR count). The van der Waals surface area contributed by atoms with Gasteiger partial charge in [-0.3, -0.25) is 0 Å². The summed E-state index contributed by atoms with van der Waals surface area (Å²) < 4.78 is 22.2. The average molecular weight is 563 g/mol. The van der Waals surface area contributed by atoms with Crippen LogP contribution in [0.1, 0.15) is 91.4 Å². The highest BCUT2D eigenvalue weighted by Crippen LogP contribution is 2.46. The van der Waals surface area contributed by atoms with Crippen LogP contribution in [0.15, 0.2) is 25.3 Å². The molecule has 0 aromatic carbocycles. The Morgan fingerprint density at radius 3 is 1.65 bits per heavy atom. The highest BCUT2D eigenvalue weighted by atomic mass is 16.6. The summed E-state index contributed by atoms with van der Waals surface area (Å²) in [5.41, 5.74) is -0.385. The van der Waals surface area contributed by atoms with Crippen LogP contribution >= 0.6 is 0 Å². The molecule has 0 radical (unpaired) electrons. The fraction of sp³-hybridized carbons (Fsp3) is 0.733. The molecule has 2 N–H and O–H groups in total. The normalized spacial score (nSPS) is 31.5. The summed E-state index contributed by atoms with van der Waals surface area (Å²) >= 11 is 0. The highest BCUT2D eigenvalue weighted by molar-refractivity contribution is 5.81. The van der Waals surface area contributed by atoms with Crippen molar-refractivity contribution in [3.63, 3.8) is 0 Å². The van der Waals surface area contributed by atoms with Crippen LogP contribution in [0.4, 0.5) is 9.59 Å². The molecule has 10 heteroatoms. The SMILES string of the molecule is C=CC(=O)OC1CCCCC1OC(=O)NCC1(C)CC(NC(=O)OC2CCCCC2OC(=O)C=C)CC(C)(C)C1. The van der Waals surface area contributed by atoms with Crippen molar-refractivity contribution >= 4 is 24.1 Å². The van der Waals surface area contributed by atoms with Crippen molar-refractivity contribution < 1.29 is 38.1 Å². The molecule has 6 atom stereocenters. The first kappa shape index (κ1) is 31.5. The van der Waals surface area contributed by atoms with E-state index >= 15 is 0 Å². The van der Waals surface area contributed by atoms with E-state index in [0.717, 1.165) is 50.7 Å². The van der Waals surface area contributed by atoms with E-state index in [1.54, 1.807) is 0 Å². The first-order chi connectivity index (χ1) is 18.9. The molecule has 0 spiro atoms. The van der Waals surface area contributed by atoms with E-state index in [0.29, 0.717) is 38.6 Å². The van der Waals surface area contributed by atoms with Gasteiger partial charge in [0.1, 0.15) is 24.4 Å². The molecule has 0 bridgehead atoms. The number of esters is 2. The lowest BCUT2D eigenvalue weighted by atomic mass is 9.62. The second-order valence-electron chi connectivity index (χ2n) is 12.6. The summed E-state index contributed by atoms with van der Waals surface area (Å²) in [6, 6.07) is -0.155. The summed E-state index contributed by atoms with van der Waals surface area (Å²) in [7, 11) is 0. The van der Waals surface area contributed by atoms with Crippen LogP contribution in [-0.2, 0) is 28.5 Å². The van der Waals surface area contributed by atoms with Crippen molar-refractivity contribution in [3.8, 4) is 0 Å². The zero-order valence-electron chi connectivity index (χ0n) is 24.2. The number of nitrogens with one attached hydrogen (secondary N) is 2. The third kappa shape index (κ3) is 9.55. The Labute approximate surface area is 237 Å². The molecule has 3 aliphatic rings. The summed E-state index contributed by atoms with van der Waals surface area (Å²) in [5, 5.41) is 5.94. The second kappa shape index (κ2) is 14.0. The number of carbonyl (C=O) groups excluding carboxylic acids is 4. The molecule has 0 saturated heterocycles. The highest BCUT2D eigenvalue weighted by Gasteiger charge is 2.43. The fourth-order valence-electron chi connectivity index (χ4n) is 6.73. The van der Waals surface area contributed by atoms with Gasteiger partial charge in [0.2, 0.25) is 0 Å². The van der Waals surface area contributed by atoms with Gasteiger partial charge >= 0.3 is 24.1 Å². The predicted molar refractivity (Wildman–Crippen MR) is 148 cm³/mol. The van der Waals surface area contributed by atoms with Gasteiger partial charge in [-0.1, -0.05) is 33.9 Å². The number of carbonyl (C=O) groups is 4. The number of hydrogen-bond acceptors (Lipinski definition) is 8. The Bertz CT molecular complexity index is 950. The molecule has 0 aromatic heterocycles. The lowest BCUT2D eigenvalue weighted by Crippen LogP contribution is -2.51. The zero-order chi connectivity index (χ0) is 29.3. The van der Waals surface area contributed by atoms with Crippen molar-refractivity contribution in [1.82, 2.24) is 10.6 Å². The van der Waals surface area contributed by atoms with Crippen LogP contribution < -0.4 is 10.6 Å². The van der Waals surface area contributed by atoms with E-state index in [4.69, 9.17) is 18.9 Å². The number of ether oxygens (including phenoxy) is 4. The summed E-state index contributed by atoms with van der Waals surface area (Å²) in [4.78, 5) is 49.0. The molecule has 2 amide bonds. The van der Waals surface area contributed by atoms with E-state index in [1.807, 2.05) is 0 Å². The summed E-state index contributed by atoms with van der Waals surface area (Å²) in [6.07, 6.45) is 7.64. The van der Waals surface area contributed by atoms with E-state index in [2.05, 4.69) is 44.6 Å². The molecule has 3 saturated carbocycles. The number of amides is 2. The van der Waals surface area contributed by atoms with Crippen molar-refractivity contribution in [3.05, 3.63) is 25.3 Å². The van der Waals surface area contributed by atoms with E-state index in [-0.39, 0.29) is 16.9 Å². The quantitative estimate of drug-likeness (QED) is 0.225. The van der Waals surface area contributed by atoms with Crippen LogP contribution in [0.2, 0.25) is 0 Å². The van der Waals surface area contributed by atoms with Crippen LogP contribution in [0, 0.1) is 10.8 Å². The maximum absolute atomic E-state index is 12.9. The smallest absolute Gasteiger partial charge is 0.407 e. The molecule has 6 unspecified atom stereocenters. The Morgan fingerprint density at radius 1 is 0.725 bits per heavy atom. The largest absolute Gasteiger partial charge is 0.455 e. The van der Waals surface area contributed by atoms with Gasteiger partial charge in [-0.15, -0.1) is 0 Å². The Balaban J connectivity index is 1.53. The predicted octanol–water partition coefficient (Wildman–Crippen LogP) is 5.10. The third-order valence-corrected chi connectivity index (χ3v) is 8.09. The van der Waals surface area contributed by atoms with Crippen molar-refractivity contribution in [2.75, 3.05) is 6.54 Å². The second-order valence-corrected chi connectivity index (χ2v) is 12.6. The Kier molecular flexibility index (Phi) is 11.0. The Hall–Kier alpha value is -3.04. The lowest BCUT2D eigenvalue weighted by molar-refractivity contribution is -0.152. The molecular formula is C30H46N2O8. The van der Waals surface area contributed by atoms with Gasteiger partial charge in [0.15, 0.2) is 0 Å². The van der Waals surface area contributed by atoms with Gasteiger partial charge in [-0.25, -0.2) is 19.2 Å². The monoisotopic (exact) mass is 562 g/mol. The first-order valence-corrected chi connectivity index (χ1v) is 14.5.